The molecule has 1 aliphatic heterocycles. The predicted octanol–water partition coefficient (Wildman–Crippen LogP) is 4.08. The molecule has 0 aliphatic carbocycles. The van der Waals surface area contributed by atoms with Gasteiger partial charge in [0.25, 0.3) is 0 Å². The summed E-state index contributed by atoms with van der Waals surface area (Å²) in [5.41, 5.74) is 8.35. The summed E-state index contributed by atoms with van der Waals surface area (Å²) >= 11 is 5.87. The van der Waals surface area contributed by atoms with E-state index in [9.17, 15) is 4.39 Å². The van der Waals surface area contributed by atoms with E-state index in [1.807, 2.05) is 6.07 Å². The summed E-state index contributed by atoms with van der Waals surface area (Å²) in [6.45, 7) is 3.39. The smallest absolute Gasteiger partial charge is 0.141 e. The van der Waals surface area contributed by atoms with Gasteiger partial charge in [-0.3, -0.25) is 4.90 Å². The van der Waals surface area contributed by atoms with Gasteiger partial charge in [-0.15, -0.1) is 12.4 Å². The van der Waals surface area contributed by atoms with Crippen LogP contribution in [0.4, 0.5) is 4.39 Å². The van der Waals surface area contributed by atoms with Crippen molar-refractivity contribution in [3.63, 3.8) is 0 Å². The summed E-state index contributed by atoms with van der Waals surface area (Å²) < 4.78 is 13.3. The molecule has 0 bridgehead atoms. The Balaban J connectivity index is 0.00000192. The highest BCUT2D eigenvalue weighted by molar-refractivity contribution is 6.30. The lowest BCUT2D eigenvalue weighted by atomic mass is 9.89. The molecule has 124 valence electrons. The number of hydrogen-bond acceptors (Lipinski definition) is 2. The summed E-state index contributed by atoms with van der Waals surface area (Å²) in [6.07, 6.45) is 0. The van der Waals surface area contributed by atoms with E-state index in [0.717, 1.165) is 25.2 Å². The molecule has 5 heteroatoms. The summed E-state index contributed by atoms with van der Waals surface area (Å²) in [6, 6.07) is 15.5. The maximum Gasteiger partial charge on any atom is 0.141 e. The molecule has 2 nitrogen and oxygen atoms in total. The molecular formula is C18H21Cl2FN2. The highest BCUT2D eigenvalue weighted by atomic mass is 35.5. The van der Waals surface area contributed by atoms with Gasteiger partial charge in [-0.2, -0.15) is 0 Å². The Labute approximate surface area is 147 Å². The standard InChI is InChI=1S/C18H20ClFN2.ClH/c19-17-8-13(6-7-18(17)20)10-22-11-15(9-21)16(12-22)14-4-2-1-3-5-14;/h1-8,15-16H,9-12,21H2;1H/t15-,16+;/m1./s1. The van der Waals surface area contributed by atoms with Crippen molar-refractivity contribution in [1.29, 1.82) is 0 Å². The molecule has 1 fully saturated rings. The fourth-order valence-corrected chi connectivity index (χ4v) is 3.51. The van der Waals surface area contributed by atoms with Gasteiger partial charge in [-0.1, -0.05) is 48.0 Å². The Morgan fingerprint density at radius 1 is 1.13 bits per heavy atom. The second-order valence-electron chi connectivity index (χ2n) is 5.96. The van der Waals surface area contributed by atoms with Crippen LogP contribution >= 0.6 is 24.0 Å². The second-order valence-corrected chi connectivity index (χ2v) is 6.36. The SMILES string of the molecule is Cl.NC[C@@H]1CN(Cc2ccc(F)c(Cl)c2)C[C@H]1c1ccccc1. The van der Waals surface area contributed by atoms with Crippen LogP contribution < -0.4 is 5.73 Å². The Kier molecular flexibility index (Phi) is 6.42. The summed E-state index contributed by atoms with van der Waals surface area (Å²) in [7, 11) is 0. The lowest BCUT2D eigenvalue weighted by molar-refractivity contribution is 0.317. The van der Waals surface area contributed by atoms with Crippen LogP contribution in [-0.4, -0.2) is 24.5 Å². The molecule has 0 aromatic heterocycles. The Hall–Kier alpha value is -1.13. The molecule has 0 radical (unpaired) electrons. The molecule has 0 amide bonds. The third kappa shape index (κ3) is 4.24. The quantitative estimate of drug-likeness (QED) is 0.896. The molecule has 2 N–H and O–H groups in total. The van der Waals surface area contributed by atoms with Gasteiger partial charge in [0, 0.05) is 25.6 Å². The topological polar surface area (TPSA) is 29.3 Å². The van der Waals surface area contributed by atoms with Crippen molar-refractivity contribution in [3.8, 4) is 0 Å². The fourth-order valence-electron chi connectivity index (χ4n) is 3.30. The first-order chi connectivity index (χ1) is 10.7. The van der Waals surface area contributed by atoms with E-state index in [0.29, 0.717) is 18.4 Å². The van der Waals surface area contributed by atoms with Crippen molar-refractivity contribution in [3.05, 3.63) is 70.5 Å². The maximum atomic E-state index is 13.3. The number of nitrogens with two attached hydrogens (primary N) is 1. The number of hydrogen-bond donors (Lipinski definition) is 1. The minimum atomic E-state index is -0.367. The largest absolute Gasteiger partial charge is 0.330 e. The summed E-state index contributed by atoms with van der Waals surface area (Å²) in [5.74, 6) is 0.550. The van der Waals surface area contributed by atoms with Crippen molar-refractivity contribution in [1.82, 2.24) is 4.90 Å². The summed E-state index contributed by atoms with van der Waals surface area (Å²) in [4.78, 5) is 2.37. The zero-order valence-corrected chi connectivity index (χ0v) is 14.4. The van der Waals surface area contributed by atoms with Gasteiger partial charge in [-0.25, -0.2) is 4.39 Å². The van der Waals surface area contributed by atoms with Crippen LogP contribution in [0.2, 0.25) is 5.02 Å². The van der Waals surface area contributed by atoms with Crippen molar-refractivity contribution < 1.29 is 4.39 Å². The molecule has 2 aromatic carbocycles. The van der Waals surface area contributed by atoms with Crippen LogP contribution in [0, 0.1) is 11.7 Å². The number of benzene rings is 2. The average Bonchev–Trinajstić information content (AvgIpc) is 2.95. The summed E-state index contributed by atoms with van der Waals surface area (Å²) in [5, 5.41) is 0.187. The zero-order valence-electron chi connectivity index (χ0n) is 12.8. The first kappa shape index (κ1) is 18.2. The van der Waals surface area contributed by atoms with Crippen molar-refractivity contribution in [2.75, 3.05) is 19.6 Å². The molecule has 1 saturated heterocycles. The minimum absolute atomic E-state index is 0. The van der Waals surface area contributed by atoms with Crippen LogP contribution in [0.5, 0.6) is 0 Å². The normalized spacial score (nSPS) is 21.2. The zero-order chi connectivity index (χ0) is 15.5. The molecule has 3 rings (SSSR count). The molecule has 0 saturated carbocycles. The molecule has 1 heterocycles. The van der Waals surface area contributed by atoms with E-state index in [2.05, 4.69) is 29.2 Å². The van der Waals surface area contributed by atoms with Crippen molar-refractivity contribution in [2.45, 2.75) is 12.5 Å². The van der Waals surface area contributed by atoms with Crippen LogP contribution in [0.1, 0.15) is 17.0 Å². The number of likely N-dealkylation sites (tertiary alicyclic amines) is 1. The third-order valence-corrected chi connectivity index (χ3v) is 4.73. The lowest BCUT2D eigenvalue weighted by Crippen LogP contribution is -2.23. The van der Waals surface area contributed by atoms with E-state index in [1.165, 1.54) is 11.6 Å². The van der Waals surface area contributed by atoms with Gasteiger partial charge in [0.15, 0.2) is 0 Å². The van der Waals surface area contributed by atoms with E-state index < -0.39 is 0 Å². The van der Waals surface area contributed by atoms with Crippen molar-refractivity contribution in [2.24, 2.45) is 11.7 Å². The van der Waals surface area contributed by atoms with Crippen LogP contribution in [-0.2, 0) is 6.54 Å². The van der Waals surface area contributed by atoms with Crippen LogP contribution in [0.25, 0.3) is 0 Å². The average molecular weight is 355 g/mol. The Morgan fingerprint density at radius 2 is 1.87 bits per heavy atom. The van der Waals surface area contributed by atoms with E-state index in [-0.39, 0.29) is 23.2 Å². The predicted molar refractivity (Wildman–Crippen MR) is 95.7 cm³/mol. The molecule has 2 aromatic rings. The fraction of sp³-hybridized carbons (Fsp3) is 0.333. The van der Waals surface area contributed by atoms with E-state index >= 15 is 0 Å². The van der Waals surface area contributed by atoms with Gasteiger partial charge in [0.05, 0.1) is 5.02 Å². The van der Waals surface area contributed by atoms with Gasteiger partial charge in [0.2, 0.25) is 0 Å². The first-order valence-corrected chi connectivity index (χ1v) is 7.96. The second kappa shape index (κ2) is 8.11. The maximum absolute atomic E-state index is 13.3. The molecule has 0 spiro atoms. The van der Waals surface area contributed by atoms with Gasteiger partial charge in [-0.05, 0) is 35.7 Å². The Morgan fingerprint density at radius 3 is 2.52 bits per heavy atom. The monoisotopic (exact) mass is 354 g/mol. The highest BCUT2D eigenvalue weighted by Gasteiger charge is 2.32. The van der Waals surface area contributed by atoms with Crippen LogP contribution in [0.15, 0.2) is 48.5 Å². The van der Waals surface area contributed by atoms with Crippen molar-refractivity contribution >= 4 is 24.0 Å². The highest BCUT2D eigenvalue weighted by Crippen LogP contribution is 2.33. The van der Waals surface area contributed by atoms with Gasteiger partial charge >= 0.3 is 0 Å². The molecular weight excluding hydrogens is 334 g/mol. The third-order valence-electron chi connectivity index (χ3n) is 4.44. The Bertz CT molecular complexity index is 636. The van der Waals surface area contributed by atoms with Gasteiger partial charge < -0.3 is 5.73 Å². The first-order valence-electron chi connectivity index (χ1n) is 7.58. The molecule has 23 heavy (non-hydrogen) atoms. The minimum Gasteiger partial charge on any atom is -0.330 e. The lowest BCUT2D eigenvalue weighted by Gasteiger charge is -2.17. The number of nitrogens with zero attached hydrogens (tertiary/aromatic N) is 1. The number of halogens is 3. The number of rotatable bonds is 4. The van der Waals surface area contributed by atoms with E-state index in [4.69, 9.17) is 17.3 Å². The van der Waals surface area contributed by atoms with Gasteiger partial charge in [0.1, 0.15) is 5.82 Å². The molecule has 2 atom stereocenters. The molecule has 0 unspecified atom stereocenters. The molecule has 1 aliphatic rings. The van der Waals surface area contributed by atoms with E-state index in [1.54, 1.807) is 12.1 Å². The van der Waals surface area contributed by atoms with Crippen LogP contribution in [0.3, 0.4) is 0 Å².